The maximum atomic E-state index is 11.7. The van der Waals surface area contributed by atoms with Crippen molar-refractivity contribution in [2.24, 2.45) is 0 Å². The number of benzene rings is 1. The molecule has 1 atom stereocenters. The predicted molar refractivity (Wildman–Crippen MR) is 99.5 cm³/mol. The van der Waals surface area contributed by atoms with E-state index in [-0.39, 0.29) is 11.0 Å². The number of alkyl halides is 3. The van der Waals surface area contributed by atoms with Crippen LogP contribution in [-0.2, 0) is 4.79 Å². The van der Waals surface area contributed by atoms with Crippen LogP contribution in [0.4, 0.5) is 5.69 Å². The lowest BCUT2D eigenvalue weighted by molar-refractivity contribution is -0.121. The number of thiocarbonyl (C=S) groups is 1. The molecule has 1 aromatic carbocycles. The highest BCUT2D eigenvalue weighted by Gasteiger charge is 2.34. The molecule has 0 aliphatic rings. The van der Waals surface area contributed by atoms with Gasteiger partial charge >= 0.3 is 0 Å². The summed E-state index contributed by atoms with van der Waals surface area (Å²) >= 11 is 22.9. The minimum absolute atomic E-state index is 0.183. The summed E-state index contributed by atoms with van der Waals surface area (Å²) in [4.78, 5) is 11.7. The van der Waals surface area contributed by atoms with E-state index < -0.39 is 9.96 Å². The number of hydrogen-bond acceptors (Lipinski definition) is 3. The molecule has 0 aromatic heterocycles. The number of nitrogens with one attached hydrogen (secondary N) is 3. The molecule has 1 aromatic rings. The zero-order chi connectivity index (χ0) is 17.5. The van der Waals surface area contributed by atoms with E-state index in [0.29, 0.717) is 24.3 Å². The lowest BCUT2D eigenvalue weighted by Crippen LogP contribution is -2.56. The average molecular weight is 399 g/mol. The van der Waals surface area contributed by atoms with Crippen molar-refractivity contribution in [2.75, 3.05) is 12.4 Å². The van der Waals surface area contributed by atoms with Gasteiger partial charge in [-0.1, -0.05) is 53.9 Å². The Kier molecular flexibility index (Phi) is 8.19. The van der Waals surface area contributed by atoms with Crippen LogP contribution < -0.4 is 20.7 Å². The first-order valence-corrected chi connectivity index (χ1v) is 8.38. The van der Waals surface area contributed by atoms with Crippen LogP contribution in [0.3, 0.4) is 0 Å². The molecule has 0 spiro atoms. The van der Waals surface area contributed by atoms with Gasteiger partial charge in [0.25, 0.3) is 0 Å². The molecule has 0 aliphatic heterocycles. The molecule has 0 saturated carbocycles. The quantitative estimate of drug-likeness (QED) is 0.388. The van der Waals surface area contributed by atoms with Gasteiger partial charge in [-0.3, -0.25) is 4.79 Å². The molecular formula is C14H18Cl3N3O2S. The summed E-state index contributed by atoms with van der Waals surface area (Å²) in [5.74, 6) is 0.369. The maximum absolute atomic E-state index is 11.7. The highest BCUT2D eigenvalue weighted by Crippen LogP contribution is 2.29. The first-order chi connectivity index (χ1) is 10.8. The topological polar surface area (TPSA) is 62.4 Å². The fourth-order valence-electron chi connectivity index (χ4n) is 1.70. The third-order valence-corrected chi connectivity index (χ3v) is 3.61. The predicted octanol–water partition coefficient (Wildman–Crippen LogP) is 3.59. The SMILES string of the molecule is CCCC(=O)N[C@H](NC(=S)Nc1ccccc1OC)C(Cl)(Cl)Cl. The van der Waals surface area contributed by atoms with Crippen molar-refractivity contribution >= 4 is 63.7 Å². The summed E-state index contributed by atoms with van der Waals surface area (Å²) in [6, 6.07) is 7.21. The van der Waals surface area contributed by atoms with Gasteiger partial charge in [0.15, 0.2) is 5.11 Å². The molecule has 9 heteroatoms. The fraction of sp³-hybridized carbons (Fsp3) is 0.429. The van der Waals surface area contributed by atoms with Crippen molar-refractivity contribution in [3.8, 4) is 5.75 Å². The van der Waals surface area contributed by atoms with Crippen molar-refractivity contribution in [2.45, 2.75) is 29.7 Å². The second kappa shape index (κ2) is 9.37. The number of hydrogen-bond donors (Lipinski definition) is 3. The molecule has 0 aliphatic carbocycles. The van der Waals surface area contributed by atoms with Gasteiger partial charge in [-0.2, -0.15) is 0 Å². The first kappa shape index (κ1) is 20.1. The van der Waals surface area contributed by atoms with E-state index in [0.717, 1.165) is 0 Å². The Morgan fingerprint density at radius 1 is 1.30 bits per heavy atom. The highest BCUT2D eigenvalue weighted by molar-refractivity contribution is 7.80. The summed E-state index contributed by atoms with van der Waals surface area (Å²) in [7, 11) is 1.55. The van der Waals surface area contributed by atoms with Crippen LogP contribution in [0.1, 0.15) is 19.8 Å². The van der Waals surface area contributed by atoms with Crippen LogP contribution in [0.25, 0.3) is 0 Å². The Hall–Kier alpha value is -0.950. The number of carbonyl (C=O) groups is 1. The molecule has 0 unspecified atom stereocenters. The molecular weight excluding hydrogens is 381 g/mol. The lowest BCUT2D eigenvalue weighted by Gasteiger charge is -2.28. The van der Waals surface area contributed by atoms with Crippen molar-refractivity contribution in [1.29, 1.82) is 0 Å². The van der Waals surface area contributed by atoms with E-state index in [9.17, 15) is 4.79 Å². The molecule has 0 fully saturated rings. The number of carbonyl (C=O) groups excluding carboxylic acids is 1. The van der Waals surface area contributed by atoms with Crippen LogP contribution in [0, 0.1) is 0 Å². The third-order valence-electron chi connectivity index (χ3n) is 2.74. The number of para-hydroxylation sites is 2. The summed E-state index contributed by atoms with van der Waals surface area (Å²) in [6.45, 7) is 1.88. The normalized spacial score (nSPS) is 12.2. The van der Waals surface area contributed by atoms with Crippen molar-refractivity contribution in [3.63, 3.8) is 0 Å². The van der Waals surface area contributed by atoms with E-state index in [4.69, 9.17) is 51.8 Å². The average Bonchev–Trinajstić information content (AvgIpc) is 2.46. The molecule has 1 rings (SSSR count). The Morgan fingerprint density at radius 3 is 2.52 bits per heavy atom. The van der Waals surface area contributed by atoms with Gasteiger partial charge in [0.1, 0.15) is 11.9 Å². The Morgan fingerprint density at radius 2 is 1.96 bits per heavy atom. The molecule has 0 radical (unpaired) electrons. The van der Waals surface area contributed by atoms with E-state index in [1.165, 1.54) is 0 Å². The van der Waals surface area contributed by atoms with Crippen LogP contribution in [-0.4, -0.2) is 28.1 Å². The molecule has 5 nitrogen and oxygen atoms in total. The minimum Gasteiger partial charge on any atom is -0.495 e. The number of amides is 1. The van der Waals surface area contributed by atoms with Gasteiger partial charge in [-0.05, 0) is 30.8 Å². The van der Waals surface area contributed by atoms with Crippen LogP contribution in [0.5, 0.6) is 5.75 Å². The van der Waals surface area contributed by atoms with Gasteiger partial charge < -0.3 is 20.7 Å². The zero-order valence-corrected chi connectivity index (χ0v) is 15.7. The molecule has 1 amide bonds. The molecule has 128 valence electrons. The smallest absolute Gasteiger partial charge is 0.228 e. The van der Waals surface area contributed by atoms with Gasteiger partial charge in [0, 0.05) is 6.42 Å². The number of ether oxygens (including phenoxy) is 1. The molecule has 23 heavy (non-hydrogen) atoms. The van der Waals surface area contributed by atoms with Crippen LogP contribution in [0.15, 0.2) is 24.3 Å². The second-order valence-corrected chi connectivity index (χ2v) is 7.37. The van der Waals surface area contributed by atoms with E-state index in [2.05, 4.69) is 16.0 Å². The third kappa shape index (κ3) is 6.99. The van der Waals surface area contributed by atoms with Crippen molar-refractivity contribution < 1.29 is 9.53 Å². The van der Waals surface area contributed by atoms with Crippen molar-refractivity contribution in [1.82, 2.24) is 10.6 Å². The maximum Gasteiger partial charge on any atom is 0.228 e. The second-order valence-electron chi connectivity index (χ2n) is 4.59. The standard InChI is InChI=1S/C14H18Cl3N3O2S/c1-3-6-11(21)19-12(14(15,16)17)20-13(23)18-9-7-4-5-8-10(9)22-2/h4-5,7-8,12H,3,6H2,1-2H3,(H,19,21)(H2,18,20,23)/t12-/m1/s1. The van der Waals surface area contributed by atoms with Gasteiger partial charge in [-0.15, -0.1) is 0 Å². The van der Waals surface area contributed by atoms with E-state index >= 15 is 0 Å². The van der Waals surface area contributed by atoms with Gasteiger partial charge in [-0.25, -0.2) is 0 Å². The molecule has 3 N–H and O–H groups in total. The summed E-state index contributed by atoms with van der Waals surface area (Å²) in [6.07, 6.45) is 0.0368. The number of rotatable bonds is 6. The Bertz CT molecular complexity index is 552. The monoisotopic (exact) mass is 397 g/mol. The molecule has 0 saturated heterocycles. The van der Waals surface area contributed by atoms with Gasteiger partial charge in [0.05, 0.1) is 12.8 Å². The lowest BCUT2D eigenvalue weighted by atomic mass is 10.3. The Labute approximate surface area is 156 Å². The number of methoxy groups -OCH3 is 1. The molecule has 0 bridgehead atoms. The van der Waals surface area contributed by atoms with Crippen molar-refractivity contribution in [3.05, 3.63) is 24.3 Å². The van der Waals surface area contributed by atoms with Crippen LogP contribution >= 0.6 is 47.0 Å². The number of anilines is 1. The number of halogens is 3. The molecule has 0 heterocycles. The van der Waals surface area contributed by atoms with Crippen LogP contribution in [0.2, 0.25) is 0 Å². The van der Waals surface area contributed by atoms with E-state index in [1.54, 1.807) is 19.2 Å². The highest BCUT2D eigenvalue weighted by atomic mass is 35.6. The van der Waals surface area contributed by atoms with E-state index in [1.807, 2.05) is 19.1 Å². The largest absolute Gasteiger partial charge is 0.495 e. The summed E-state index contributed by atoms with van der Waals surface area (Å²) < 4.78 is 3.45. The zero-order valence-electron chi connectivity index (χ0n) is 12.7. The minimum atomic E-state index is -1.77. The van der Waals surface area contributed by atoms with Gasteiger partial charge in [0.2, 0.25) is 9.70 Å². The first-order valence-electron chi connectivity index (χ1n) is 6.84. The fourth-order valence-corrected chi connectivity index (χ4v) is 2.25. The summed E-state index contributed by atoms with van der Waals surface area (Å²) in [5.41, 5.74) is 0.649. The summed E-state index contributed by atoms with van der Waals surface area (Å²) in [5, 5.41) is 8.50. The Balaban J connectivity index is 2.75.